The van der Waals surface area contributed by atoms with Crippen LogP contribution >= 0.6 is 11.6 Å². The highest BCUT2D eigenvalue weighted by atomic mass is 35.5. The van der Waals surface area contributed by atoms with Crippen molar-refractivity contribution in [2.75, 3.05) is 53.3 Å². The fourth-order valence-electron chi connectivity index (χ4n) is 14.0. The first-order valence-electron chi connectivity index (χ1n) is 38.9. The number of hydrogen-bond acceptors (Lipinski definition) is 24. The van der Waals surface area contributed by atoms with Crippen molar-refractivity contribution in [3.63, 3.8) is 0 Å². The van der Waals surface area contributed by atoms with Crippen LogP contribution in [0.2, 0.25) is 5.02 Å². The summed E-state index contributed by atoms with van der Waals surface area (Å²) in [6.45, 7) is 3.36. The minimum Gasteiger partial charge on any atom is -0.497 e. The SMILES string of the molecule is COc1ccc2c(OCc3nnc4ccc(-c5ccc(OC)c(C)c5)cn34)ccnc2c1.COc1ccc2c(OCc3nnc4ccc(-c5ccc(OC)c(F)c5)cn34)ccnc2c1.COc1cnc2c(NCc3nnc4ccc(-c5ccc(F)c(Cl)c5)cn34)ccnc2c1.COc1cnc2c(NCc3nnc4ccc(-c5cccc(F)c5)cn34)ccnc2c1. The number of anilines is 2. The fourth-order valence-corrected chi connectivity index (χ4v) is 14.2. The Hall–Kier alpha value is -16.2. The zero-order chi connectivity index (χ0) is 86.0. The number of aryl methyl sites for hydroxylation is 1. The van der Waals surface area contributed by atoms with E-state index in [2.05, 4.69) is 87.4 Å². The first-order chi connectivity index (χ1) is 61.1. The molecule has 0 unspecified atom stereocenters. The third-order valence-electron chi connectivity index (χ3n) is 20.5. The standard InChI is InChI=1S/C25H22N4O3.C24H19FN4O3.C22H16ClFN6O.C22H17FN6O/c1-16-12-17(4-8-22(16)31-3)18-5-9-24-27-28-25(29(24)14-18)15-32-23-10-11-26-21-13-19(30-2)6-7-20(21)23;1-30-17-5-6-18-20(12-17)26-10-9-21(18)32-14-24-28-27-23-8-4-16(13-29(23)24)15-3-7-22(31-2)19(25)11-15;1-31-15-9-19-22(27-10-15)18(6-7-25-19)26-11-21-29-28-20-5-3-14(12-30(20)21)13-2-4-17(24)16(23)8-13;1-30-17-10-19-22(26-11-17)18(7-8-24-19)25-12-21-28-27-20-6-5-15(13-29(20)21)14-3-2-4-16(23)9-14/h4-14H,15H2,1-3H3;3-13H,14H2,1-2H3;2-10,12H,11H2,1H3,(H,25,26);2-11,13H,12H2,1H3,(H,24,25). The summed E-state index contributed by atoms with van der Waals surface area (Å²) in [7, 11) is 9.57. The predicted octanol–water partition coefficient (Wildman–Crippen LogP) is 18.4. The third-order valence-corrected chi connectivity index (χ3v) is 20.8. The molecule has 0 aliphatic heterocycles. The van der Waals surface area contributed by atoms with Gasteiger partial charge >= 0.3 is 0 Å². The lowest BCUT2D eigenvalue weighted by molar-refractivity contribution is 0.298. The predicted molar refractivity (Wildman–Crippen MR) is 469 cm³/mol. The van der Waals surface area contributed by atoms with Crippen LogP contribution in [0.3, 0.4) is 0 Å². The maximum atomic E-state index is 14.2. The minimum absolute atomic E-state index is 0.0805. The summed E-state index contributed by atoms with van der Waals surface area (Å²) in [4.78, 5) is 26.4. The summed E-state index contributed by atoms with van der Waals surface area (Å²) in [6.07, 6.45) is 17.9. The van der Waals surface area contributed by atoms with Crippen molar-refractivity contribution in [2.45, 2.75) is 33.2 Å². The molecule has 2 N–H and O–H groups in total. The molecule has 14 heterocycles. The first-order valence-corrected chi connectivity index (χ1v) is 39.2. The molecule has 622 valence electrons. The van der Waals surface area contributed by atoms with Gasteiger partial charge in [-0.1, -0.05) is 41.9 Å². The molecule has 20 rings (SSSR count). The Labute approximate surface area is 715 Å². The maximum Gasteiger partial charge on any atom is 0.175 e. The number of nitrogens with zero attached hydrogens (tertiary/aromatic N) is 18. The number of ether oxygens (including phenoxy) is 8. The molecule has 0 saturated heterocycles. The second-order valence-electron chi connectivity index (χ2n) is 28.1. The van der Waals surface area contributed by atoms with E-state index in [9.17, 15) is 13.2 Å². The van der Waals surface area contributed by atoms with Gasteiger partial charge in [-0.15, -0.1) is 40.8 Å². The van der Waals surface area contributed by atoms with Gasteiger partial charge in [0.15, 0.2) is 57.5 Å². The van der Waals surface area contributed by atoms with Gasteiger partial charge in [0.1, 0.15) is 76.1 Å². The zero-order valence-electron chi connectivity index (χ0n) is 68.0. The smallest absolute Gasteiger partial charge is 0.175 e. The van der Waals surface area contributed by atoms with Crippen molar-refractivity contribution in [1.29, 1.82) is 0 Å². The van der Waals surface area contributed by atoms with Crippen LogP contribution in [0.25, 0.3) is 111 Å². The number of halogens is 4. The molecule has 125 heavy (non-hydrogen) atoms. The van der Waals surface area contributed by atoms with Crippen LogP contribution < -0.4 is 48.5 Å². The molecule has 0 radical (unpaired) electrons. The lowest BCUT2D eigenvalue weighted by atomic mass is 10.0. The molecule has 0 saturated carbocycles. The monoisotopic (exact) mass is 1690 g/mol. The van der Waals surface area contributed by atoms with Crippen LogP contribution in [-0.4, -0.2) is 131 Å². The maximum absolute atomic E-state index is 14.2. The van der Waals surface area contributed by atoms with Gasteiger partial charge in [0, 0.05) is 84.6 Å². The van der Waals surface area contributed by atoms with Crippen molar-refractivity contribution in [3.05, 3.63) is 313 Å². The molecular formula is C93H74ClF3N20O8. The van der Waals surface area contributed by atoms with Crippen LogP contribution in [0.1, 0.15) is 28.9 Å². The molecule has 20 aromatic rings. The summed E-state index contributed by atoms with van der Waals surface area (Å²) in [6, 6.07) is 59.8. The molecule has 0 amide bonds. The van der Waals surface area contributed by atoms with E-state index in [1.807, 2.05) is 189 Å². The Morgan fingerprint density at radius 1 is 0.328 bits per heavy atom. The number of rotatable bonds is 22. The second kappa shape index (κ2) is 36.4. The summed E-state index contributed by atoms with van der Waals surface area (Å²) in [5.41, 5.74) is 17.2. The van der Waals surface area contributed by atoms with E-state index >= 15 is 0 Å². The number of pyridine rings is 10. The lowest BCUT2D eigenvalue weighted by Gasteiger charge is -2.10. The van der Waals surface area contributed by atoms with Crippen molar-refractivity contribution in [2.24, 2.45) is 0 Å². The van der Waals surface area contributed by atoms with E-state index in [4.69, 9.17) is 49.5 Å². The molecule has 0 aliphatic rings. The highest BCUT2D eigenvalue weighted by molar-refractivity contribution is 6.31. The van der Waals surface area contributed by atoms with E-state index in [1.165, 1.54) is 31.4 Å². The number of nitrogens with one attached hydrogen (secondary N) is 2. The molecular weight excluding hydrogens is 1620 g/mol. The van der Waals surface area contributed by atoms with Gasteiger partial charge in [0.2, 0.25) is 0 Å². The number of hydrogen-bond donors (Lipinski definition) is 2. The van der Waals surface area contributed by atoms with Gasteiger partial charge in [0.05, 0.1) is 107 Å². The van der Waals surface area contributed by atoms with Crippen molar-refractivity contribution < 1.29 is 51.1 Å². The van der Waals surface area contributed by atoms with E-state index < -0.39 is 11.6 Å². The number of benzene rings is 6. The van der Waals surface area contributed by atoms with E-state index in [-0.39, 0.29) is 29.8 Å². The van der Waals surface area contributed by atoms with E-state index in [0.29, 0.717) is 59.1 Å². The molecule has 0 fully saturated rings. The van der Waals surface area contributed by atoms with Crippen molar-refractivity contribution >= 4 is 89.4 Å². The van der Waals surface area contributed by atoms with Gasteiger partial charge in [-0.25, -0.2) is 23.1 Å². The zero-order valence-corrected chi connectivity index (χ0v) is 68.7. The highest BCUT2D eigenvalue weighted by Crippen LogP contribution is 2.35. The largest absolute Gasteiger partial charge is 0.497 e. The van der Waals surface area contributed by atoms with Crippen LogP contribution in [-0.2, 0) is 26.3 Å². The average molecular weight is 1690 g/mol. The van der Waals surface area contributed by atoms with E-state index in [1.54, 1.807) is 103 Å². The van der Waals surface area contributed by atoms with E-state index in [0.717, 1.165) is 145 Å². The summed E-state index contributed by atoms with van der Waals surface area (Å²) in [5.74, 6) is 6.91. The lowest BCUT2D eigenvalue weighted by Crippen LogP contribution is -2.05. The van der Waals surface area contributed by atoms with Gasteiger partial charge in [-0.2, -0.15) is 0 Å². The topological polar surface area (TPSA) is 296 Å². The molecule has 0 aliphatic carbocycles. The number of methoxy groups -OCH3 is 6. The molecule has 28 nitrogen and oxygen atoms in total. The van der Waals surface area contributed by atoms with Crippen molar-refractivity contribution in [1.82, 2.24) is 88.3 Å². The number of aromatic nitrogens is 18. The highest BCUT2D eigenvalue weighted by Gasteiger charge is 2.19. The van der Waals surface area contributed by atoms with Crippen LogP contribution in [0.15, 0.2) is 262 Å². The Morgan fingerprint density at radius 3 is 1.17 bits per heavy atom. The minimum atomic E-state index is -0.448. The van der Waals surface area contributed by atoms with Gasteiger partial charge in [-0.05, 0) is 203 Å². The Morgan fingerprint density at radius 2 is 0.728 bits per heavy atom. The molecule has 32 heteroatoms. The normalized spacial score (nSPS) is 11.1. The Balaban J connectivity index is 0.000000118. The third kappa shape index (κ3) is 17.7. The summed E-state index contributed by atoms with van der Waals surface area (Å²) >= 11 is 5.94. The quantitative estimate of drug-likeness (QED) is 0.0637. The molecule has 6 aromatic carbocycles. The first kappa shape index (κ1) is 81.2. The van der Waals surface area contributed by atoms with Gasteiger partial charge in [-0.3, -0.25) is 37.5 Å². The van der Waals surface area contributed by atoms with Crippen molar-refractivity contribution in [3.8, 4) is 90.5 Å². The van der Waals surface area contributed by atoms with Crippen LogP contribution in [0, 0.1) is 24.4 Å². The molecule has 0 atom stereocenters. The average Bonchev–Trinajstić information content (AvgIpc) is 1.74. The Kier molecular flexibility index (Phi) is 23.7. The van der Waals surface area contributed by atoms with Crippen LogP contribution in [0.5, 0.6) is 46.0 Å². The fraction of sp³-hybridized carbons (Fsp3) is 0.118. The summed E-state index contributed by atoms with van der Waals surface area (Å²) < 4.78 is 92.4. The summed E-state index contributed by atoms with van der Waals surface area (Å²) in [5, 5.41) is 42.7. The number of fused-ring (bicyclic) bond motifs is 8. The van der Waals surface area contributed by atoms with Gasteiger partial charge in [0.25, 0.3) is 0 Å². The van der Waals surface area contributed by atoms with Gasteiger partial charge < -0.3 is 48.5 Å². The second-order valence-corrected chi connectivity index (χ2v) is 28.5. The Bertz CT molecular complexity index is 7170. The van der Waals surface area contributed by atoms with Crippen LogP contribution in [0.4, 0.5) is 24.5 Å². The molecule has 0 bridgehead atoms. The molecule has 0 spiro atoms. The molecule has 14 aromatic heterocycles.